The van der Waals surface area contributed by atoms with E-state index >= 15 is 0 Å². The van der Waals surface area contributed by atoms with E-state index in [0.29, 0.717) is 24.8 Å². The van der Waals surface area contributed by atoms with E-state index in [1.54, 1.807) is 0 Å². The quantitative estimate of drug-likeness (QED) is 0.767. The first-order valence-electron chi connectivity index (χ1n) is 7.47. The molecule has 0 spiro atoms. The lowest BCUT2D eigenvalue weighted by Gasteiger charge is -2.21. The van der Waals surface area contributed by atoms with Crippen LogP contribution in [0.15, 0.2) is 30.3 Å². The topological polar surface area (TPSA) is 49.3 Å². The van der Waals surface area contributed by atoms with Crippen molar-refractivity contribution in [2.45, 2.75) is 39.5 Å². The van der Waals surface area contributed by atoms with E-state index < -0.39 is 0 Å². The summed E-state index contributed by atoms with van der Waals surface area (Å²) in [4.78, 5) is 12.1. The lowest BCUT2D eigenvalue weighted by molar-refractivity contribution is -0.121. The average Bonchev–Trinajstić information content (AvgIpc) is 2.43. The Morgan fingerprint density at radius 3 is 2.40 bits per heavy atom. The second kappa shape index (κ2) is 8.75. The summed E-state index contributed by atoms with van der Waals surface area (Å²) in [5, 5.41) is 11.8. The van der Waals surface area contributed by atoms with Gasteiger partial charge >= 0.3 is 0 Å². The fraction of sp³-hybridized carbons (Fsp3) is 0.588. The normalized spacial score (nSPS) is 14.1. The van der Waals surface area contributed by atoms with Crippen LogP contribution in [-0.4, -0.2) is 24.2 Å². The Bertz CT molecular complexity index is 389. The molecule has 0 aliphatic rings. The fourth-order valence-corrected chi connectivity index (χ4v) is 2.32. The number of rotatable bonds is 8. The first-order valence-corrected chi connectivity index (χ1v) is 7.47. The van der Waals surface area contributed by atoms with E-state index in [2.05, 4.69) is 31.3 Å². The second-order valence-corrected chi connectivity index (χ2v) is 5.89. The van der Waals surface area contributed by atoms with E-state index in [1.165, 1.54) is 5.56 Å². The van der Waals surface area contributed by atoms with Crippen molar-refractivity contribution in [2.24, 2.45) is 11.8 Å². The molecule has 1 amide bonds. The lowest BCUT2D eigenvalue weighted by atomic mass is 9.85. The van der Waals surface area contributed by atoms with E-state index in [-0.39, 0.29) is 18.4 Å². The van der Waals surface area contributed by atoms with E-state index in [0.717, 1.165) is 6.42 Å². The minimum absolute atomic E-state index is 0.0948. The number of aliphatic hydroxyl groups is 1. The summed E-state index contributed by atoms with van der Waals surface area (Å²) in [5.41, 5.74) is 1.22. The van der Waals surface area contributed by atoms with Crippen molar-refractivity contribution in [3.63, 3.8) is 0 Å². The van der Waals surface area contributed by atoms with Gasteiger partial charge in [0.1, 0.15) is 0 Å². The van der Waals surface area contributed by atoms with Gasteiger partial charge in [0, 0.05) is 19.6 Å². The Kier molecular flexibility index (Phi) is 7.31. The summed E-state index contributed by atoms with van der Waals surface area (Å²) < 4.78 is 0. The highest BCUT2D eigenvalue weighted by atomic mass is 16.3. The molecule has 0 fully saturated rings. The summed E-state index contributed by atoms with van der Waals surface area (Å²) in [5.74, 6) is 1.10. The van der Waals surface area contributed by atoms with Gasteiger partial charge in [0.2, 0.25) is 5.91 Å². The van der Waals surface area contributed by atoms with Crippen LogP contribution >= 0.6 is 0 Å². The largest absolute Gasteiger partial charge is 0.396 e. The van der Waals surface area contributed by atoms with Crippen molar-refractivity contribution in [2.75, 3.05) is 13.2 Å². The summed E-state index contributed by atoms with van der Waals surface area (Å²) in [6, 6.07) is 10.2. The van der Waals surface area contributed by atoms with Gasteiger partial charge in [-0.3, -0.25) is 4.79 Å². The Morgan fingerprint density at radius 2 is 1.85 bits per heavy atom. The van der Waals surface area contributed by atoms with Crippen LogP contribution in [0, 0.1) is 11.8 Å². The molecule has 0 aliphatic carbocycles. The molecule has 0 aromatic heterocycles. The molecule has 0 heterocycles. The number of carbonyl (C=O) groups is 1. The van der Waals surface area contributed by atoms with Crippen molar-refractivity contribution < 1.29 is 9.90 Å². The van der Waals surface area contributed by atoms with Crippen molar-refractivity contribution in [1.82, 2.24) is 5.32 Å². The summed E-state index contributed by atoms with van der Waals surface area (Å²) in [6.07, 6.45) is 1.25. The molecule has 0 saturated heterocycles. The molecule has 3 heteroatoms. The van der Waals surface area contributed by atoms with Crippen LogP contribution < -0.4 is 5.32 Å². The minimum Gasteiger partial charge on any atom is -0.396 e. The maximum Gasteiger partial charge on any atom is 0.220 e. The number of amides is 1. The van der Waals surface area contributed by atoms with Gasteiger partial charge in [-0.2, -0.15) is 0 Å². The van der Waals surface area contributed by atoms with Gasteiger partial charge in [0.05, 0.1) is 0 Å². The van der Waals surface area contributed by atoms with Crippen LogP contribution in [-0.2, 0) is 4.79 Å². The number of benzene rings is 1. The highest BCUT2D eigenvalue weighted by Crippen LogP contribution is 2.27. The molecule has 1 aromatic rings. The van der Waals surface area contributed by atoms with Crippen LogP contribution in [0.4, 0.5) is 0 Å². The molecule has 112 valence electrons. The van der Waals surface area contributed by atoms with Gasteiger partial charge < -0.3 is 10.4 Å². The first kappa shape index (κ1) is 16.7. The molecule has 0 radical (unpaired) electrons. The molecule has 0 saturated carbocycles. The van der Waals surface area contributed by atoms with Gasteiger partial charge in [-0.05, 0) is 29.7 Å². The summed E-state index contributed by atoms with van der Waals surface area (Å²) >= 11 is 0. The highest BCUT2D eigenvalue weighted by Gasteiger charge is 2.19. The maximum absolute atomic E-state index is 12.1. The van der Waals surface area contributed by atoms with Gasteiger partial charge in [-0.1, -0.05) is 51.1 Å². The SMILES string of the molecule is CC(CCO)CNC(=O)CC(c1ccccc1)C(C)C. The number of hydrogen-bond donors (Lipinski definition) is 2. The van der Waals surface area contributed by atoms with Crippen LogP contribution in [0.3, 0.4) is 0 Å². The zero-order valence-corrected chi connectivity index (χ0v) is 12.8. The standard InChI is InChI=1S/C17H27NO2/c1-13(2)16(15-7-5-4-6-8-15)11-17(20)18-12-14(3)9-10-19/h4-8,13-14,16,19H,9-12H2,1-3H3,(H,18,20). The second-order valence-electron chi connectivity index (χ2n) is 5.89. The fourth-order valence-electron chi connectivity index (χ4n) is 2.32. The first-order chi connectivity index (χ1) is 9.54. The highest BCUT2D eigenvalue weighted by molar-refractivity contribution is 5.76. The van der Waals surface area contributed by atoms with Gasteiger partial charge in [-0.15, -0.1) is 0 Å². The molecular weight excluding hydrogens is 250 g/mol. The zero-order valence-electron chi connectivity index (χ0n) is 12.8. The van der Waals surface area contributed by atoms with Crippen LogP contribution in [0.25, 0.3) is 0 Å². The molecule has 0 bridgehead atoms. The van der Waals surface area contributed by atoms with Crippen molar-refractivity contribution in [3.8, 4) is 0 Å². The molecule has 2 atom stereocenters. The van der Waals surface area contributed by atoms with E-state index in [1.807, 2.05) is 25.1 Å². The smallest absolute Gasteiger partial charge is 0.220 e. The zero-order chi connectivity index (χ0) is 15.0. The maximum atomic E-state index is 12.1. The summed E-state index contributed by atoms with van der Waals surface area (Å²) in [7, 11) is 0. The Morgan fingerprint density at radius 1 is 1.20 bits per heavy atom. The number of aliphatic hydroxyl groups excluding tert-OH is 1. The molecule has 2 unspecified atom stereocenters. The summed E-state index contributed by atoms with van der Waals surface area (Å²) in [6.45, 7) is 7.15. The Hall–Kier alpha value is -1.35. The lowest BCUT2D eigenvalue weighted by Crippen LogP contribution is -2.30. The third-order valence-corrected chi connectivity index (χ3v) is 3.71. The third-order valence-electron chi connectivity index (χ3n) is 3.71. The van der Waals surface area contributed by atoms with Crippen LogP contribution in [0.5, 0.6) is 0 Å². The molecular formula is C17H27NO2. The Balaban J connectivity index is 2.52. The molecule has 1 aromatic carbocycles. The Labute approximate surface area is 122 Å². The third kappa shape index (κ3) is 5.74. The minimum atomic E-state index is 0.0948. The van der Waals surface area contributed by atoms with Crippen molar-refractivity contribution in [1.29, 1.82) is 0 Å². The monoisotopic (exact) mass is 277 g/mol. The predicted molar refractivity (Wildman–Crippen MR) is 82.5 cm³/mol. The molecule has 2 N–H and O–H groups in total. The van der Waals surface area contributed by atoms with Crippen LogP contribution in [0.1, 0.15) is 45.1 Å². The molecule has 20 heavy (non-hydrogen) atoms. The van der Waals surface area contributed by atoms with Crippen molar-refractivity contribution >= 4 is 5.91 Å². The van der Waals surface area contributed by atoms with Gasteiger partial charge in [0.15, 0.2) is 0 Å². The van der Waals surface area contributed by atoms with Gasteiger partial charge in [0.25, 0.3) is 0 Å². The molecule has 1 rings (SSSR count). The van der Waals surface area contributed by atoms with Crippen molar-refractivity contribution in [3.05, 3.63) is 35.9 Å². The number of nitrogens with one attached hydrogen (secondary N) is 1. The average molecular weight is 277 g/mol. The predicted octanol–water partition coefficient (Wildman–Crippen LogP) is 2.95. The molecule has 3 nitrogen and oxygen atoms in total. The number of hydrogen-bond acceptors (Lipinski definition) is 2. The molecule has 0 aliphatic heterocycles. The number of carbonyl (C=O) groups excluding carboxylic acids is 1. The van der Waals surface area contributed by atoms with Crippen LogP contribution in [0.2, 0.25) is 0 Å². The van der Waals surface area contributed by atoms with E-state index in [9.17, 15) is 4.79 Å². The van der Waals surface area contributed by atoms with E-state index in [4.69, 9.17) is 5.11 Å². The van der Waals surface area contributed by atoms with Gasteiger partial charge in [-0.25, -0.2) is 0 Å².